The first-order chi connectivity index (χ1) is 9.26. The van der Waals surface area contributed by atoms with Crippen LogP contribution in [0, 0.1) is 17.8 Å². The third-order valence-corrected chi connectivity index (χ3v) is 5.22. The Hall–Kier alpha value is -1.02. The molecule has 1 aromatic carbocycles. The number of ether oxygens (including phenoxy) is 1. The maximum atomic E-state index is 5.19. The van der Waals surface area contributed by atoms with Gasteiger partial charge in [0.1, 0.15) is 5.75 Å². The smallest absolute Gasteiger partial charge is 0.118 e. The van der Waals surface area contributed by atoms with Crippen LogP contribution in [0.3, 0.4) is 0 Å². The molecule has 1 aromatic rings. The summed E-state index contributed by atoms with van der Waals surface area (Å²) in [5, 5.41) is 3.72. The highest BCUT2D eigenvalue weighted by Crippen LogP contribution is 2.49. The fraction of sp³-hybridized carbons (Fsp3) is 0.647. The summed E-state index contributed by atoms with van der Waals surface area (Å²) in [6.07, 6.45) is 5.93. The maximum Gasteiger partial charge on any atom is 0.118 e. The number of rotatable bonds is 5. The van der Waals surface area contributed by atoms with E-state index in [0.717, 1.165) is 30.0 Å². The van der Waals surface area contributed by atoms with E-state index in [1.54, 1.807) is 7.11 Å². The lowest BCUT2D eigenvalue weighted by Gasteiger charge is -2.28. The summed E-state index contributed by atoms with van der Waals surface area (Å²) in [6, 6.07) is 9.04. The van der Waals surface area contributed by atoms with Gasteiger partial charge in [-0.1, -0.05) is 18.6 Å². The second kappa shape index (κ2) is 5.54. The molecule has 1 N–H and O–H groups in total. The van der Waals surface area contributed by atoms with Crippen LogP contribution in [0.5, 0.6) is 5.75 Å². The second-order valence-corrected chi connectivity index (χ2v) is 6.36. The van der Waals surface area contributed by atoms with Gasteiger partial charge in [-0.05, 0) is 61.6 Å². The van der Waals surface area contributed by atoms with Crippen molar-refractivity contribution in [3.63, 3.8) is 0 Å². The van der Waals surface area contributed by atoms with Gasteiger partial charge in [0.05, 0.1) is 7.11 Å². The molecule has 2 aliphatic rings. The fourth-order valence-electron chi connectivity index (χ4n) is 4.08. The summed E-state index contributed by atoms with van der Waals surface area (Å²) in [6.45, 7) is 3.34. The van der Waals surface area contributed by atoms with Gasteiger partial charge in [-0.3, -0.25) is 0 Å². The standard InChI is InChI=1S/C17H25NO/c1-12(17-10-14-3-6-15(17)9-14)18-11-13-4-7-16(19-2)8-5-13/h4-5,7-8,12,14-15,17-18H,3,6,9-11H2,1-2H3/t12-,14-,15-,17-/m0/s1. The number of methoxy groups -OCH3 is 1. The summed E-state index contributed by atoms with van der Waals surface area (Å²) >= 11 is 0. The first-order valence-corrected chi connectivity index (χ1v) is 7.62. The average Bonchev–Trinajstić information content (AvgIpc) is 3.08. The van der Waals surface area contributed by atoms with Crippen LogP contribution >= 0.6 is 0 Å². The van der Waals surface area contributed by atoms with Crippen molar-refractivity contribution in [3.8, 4) is 5.75 Å². The van der Waals surface area contributed by atoms with Crippen LogP contribution < -0.4 is 10.1 Å². The Kier molecular flexibility index (Phi) is 3.79. The second-order valence-electron chi connectivity index (χ2n) is 6.36. The third kappa shape index (κ3) is 2.79. The fourth-order valence-corrected chi connectivity index (χ4v) is 4.08. The van der Waals surface area contributed by atoms with Crippen LogP contribution in [0.1, 0.15) is 38.2 Å². The average molecular weight is 259 g/mol. The maximum absolute atomic E-state index is 5.19. The van der Waals surface area contributed by atoms with Gasteiger partial charge in [-0.2, -0.15) is 0 Å². The third-order valence-electron chi connectivity index (χ3n) is 5.22. The van der Waals surface area contributed by atoms with Crippen molar-refractivity contribution < 1.29 is 4.74 Å². The lowest BCUT2D eigenvalue weighted by Crippen LogP contribution is -2.35. The Morgan fingerprint density at radius 3 is 2.58 bits per heavy atom. The molecule has 0 spiro atoms. The van der Waals surface area contributed by atoms with E-state index in [-0.39, 0.29) is 0 Å². The zero-order valence-corrected chi connectivity index (χ0v) is 12.1. The first-order valence-electron chi connectivity index (χ1n) is 7.62. The van der Waals surface area contributed by atoms with Gasteiger partial charge in [0.15, 0.2) is 0 Å². The van der Waals surface area contributed by atoms with Gasteiger partial charge in [-0.25, -0.2) is 0 Å². The van der Waals surface area contributed by atoms with E-state index >= 15 is 0 Å². The number of nitrogens with one attached hydrogen (secondary N) is 1. The molecule has 3 rings (SSSR count). The summed E-state index contributed by atoms with van der Waals surface area (Å²) in [5.74, 6) is 3.89. The predicted molar refractivity (Wildman–Crippen MR) is 78.2 cm³/mol. The van der Waals surface area contributed by atoms with Crippen LogP contribution in [0.25, 0.3) is 0 Å². The molecule has 0 aliphatic heterocycles. The molecule has 2 heteroatoms. The van der Waals surface area contributed by atoms with E-state index in [1.165, 1.54) is 31.2 Å². The van der Waals surface area contributed by atoms with Crippen LogP contribution in [-0.4, -0.2) is 13.2 Å². The van der Waals surface area contributed by atoms with Crippen molar-refractivity contribution >= 4 is 0 Å². The van der Waals surface area contributed by atoms with Gasteiger partial charge in [0.2, 0.25) is 0 Å². The Labute approximate surface area is 116 Å². The Morgan fingerprint density at radius 1 is 1.21 bits per heavy atom. The molecule has 2 nitrogen and oxygen atoms in total. The van der Waals surface area contributed by atoms with E-state index in [2.05, 4.69) is 24.4 Å². The van der Waals surface area contributed by atoms with Crippen LogP contribution in [0.15, 0.2) is 24.3 Å². The molecule has 0 saturated heterocycles. The molecular formula is C17H25NO. The minimum Gasteiger partial charge on any atom is -0.497 e. The Balaban J connectivity index is 1.51. The van der Waals surface area contributed by atoms with Gasteiger partial charge in [0, 0.05) is 12.6 Å². The van der Waals surface area contributed by atoms with Crippen molar-refractivity contribution in [1.29, 1.82) is 0 Å². The number of benzene rings is 1. The molecule has 19 heavy (non-hydrogen) atoms. The molecule has 2 aliphatic carbocycles. The molecule has 4 atom stereocenters. The number of fused-ring (bicyclic) bond motifs is 2. The molecular weight excluding hydrogens is 234 g/mol. The van der Waals surface area contributed by atoms with E-state index in [4.69, 9.17) is 4.74 Å². The minimum absolute atomic E-state index is 0.650. The molecule has 104 valence electrons. The largest absolute Gasteiger partial charge is 0.497 e. The highest BCUT2D eigenvalue weighted by molar-refractivity contribution is 5.27. The molecule has 2 bridgehead atoms. The topological polar surface area (TPSA) is 21.3 Å². The normalized spacial score (nSPS) is 30.5. The number of hydrogen-bond donors (Lipinski definition) is 1. The molecule has 2 fully saturated rings. The van der Waals surface area contributed by atoms with Crippen LogP contribution in [0.4, 0.5) is 0 Å². The van der Waals surface area contributed by atoms with E-state index in [9.17, 15) is 0 Å². The minimum atomic E-state index is 0.650. The molecule has 0 unspecified atom stereocenters. The Bertz CT molecular complexity index is 414. The summed E-state index contributed by atoms with van der Waals surface area (Å²) < 4.78 is 5.19. The zero-order valence-electron chi connectivity index (χ0n) is 12.1. The molecule has 0 aromatic heterocycles. The van der Waals surface area contributed by atoms with Crippen LogP contribution in [0.2, 0.25) is 0 Å². The molecule has 2 saturated carbocycles. The molecule has 0 amide bonds. The van der Waals surface area contributed by atoms with Crippen molar-refractivity contribution in [1.82, 2.24) is 5.32 Å². The first kappa shape index (κ1) is 13.0. The lowest BCUT2D eigenvalue weighted by molar-refractivity contribution is 0.259. The quantitative estimate of drug-likeness (QED) is 0.872. The van der Waals surface area contributed by atoms with Crippen molar-refractivity contribution in [2.24, 2.45) is 17.8 Å². The van der Waals surface area contributed by atoms with Crippen molar-refractivity contribution in [2.75, 3.05) is 7.11 Å². The van der Waals surface area contributed by atoms with Crippen molar-refractivity contribution in [2.45, 2.75) is 45.2 Å². The van der Waals surface area contributed by atoms with Crippen LogP contribution in [-0.2, 0) is 6.54 Å². The van der Waals surface area contributed by atoms with Gasteiger partial charge in [0.25, 0.3) is 0 Å². The van der Waals surface area contributed by atoms with Crippen molar-refractivity contribution in [3.05, 3.63) is 29.8 Å². The molecule has 0 radical (unpaired) electrons. The summed E-state index contributed by atoms with van der Waals surface area (Å²) in [4.78, 5) is 0. The number of hydrogen-bond acceptors (Lipinski definition) is 2. The van der Waals surface area contributed by atoms with E-state index in [1.807, 2.05) is 12.1 Å². The summed E-state index contributed by atoms with van der Waals surface area (Å²) in [7, 11) is 1.71. The van der Waals surface area contributed by atoms with Gasteiger partial charge >= 0.3 is 0 Å². The zero-order chi connectivity index (χ0) is 13.2. The van der Waals surface area contributed by atoms with Gasteiger partial charge < -0.3 is 10.1 Å². The highest BCUT2D eigenvalue weighted by Gasteiger charge is 2.41. The van der Waals surface area contributed by atoms with E-state index < -0.39 is 0 Å². The Morgan fingerprint density at radius 2 is 2.00 bits per heavy atom. The lowest BCUT2D eigenvalue weighted by atomic mass is 9.84. The van der Waals surface area contributed by atoms with Gasteiger partial charge in [-0.15, -0.1) is 0 Å². The molecule has 0 heterocycles. The monoisotopic (exact) mass is 259 g/mol. The SMILES string of the molecule is COc1ccc(CN[C@@H](C)[C@@H]2C[C@H]3CC[C@H]2C3)cc1. The van der Waals surface area contributed by atoms with E-state index in [0.29, 0.717) is 6.04 Å². The predicted octanol–water partition coefficient (Wildman–Crippen LogP) is 3.61. The summed E-state index contributed by atoms with van der Waals surface area (Å²) in [5.41, 5.74) is 1.34. The highest BCUT2D eigenvalue weighted by atomic mass is 16.5.